The van der Waals surface area contributed by atoms with Gasteiger partial charge in [0, 0.05) is 29.1 Å². The van der Waals surface area contributed by atoms with Gasteiger partial charge in [-0.25, -0.2) is 14.4 Å². The number of amides is 1. The summed E-state index contributed by atoms with van der Waals surface area (Å²) in [5, 5.41) is 10.1. The van der Waals surface area contributed by atoms with Crippen LogP contribution < -0.4 is 5.32 Å². The topological polar surface area (TPSA) is 77.6 Å². The third-order valence-electron chi connectivity index (χ3n) is 5.48. The summed E-state index contributed by atoms with van der Waals surface area (Å²) in [5.74, 6) is -0.512. The van der Waals surface area contributed by atoms with Gasteiger partial charge in [0.05, 0.1) is 41.4 Å². The Morgan fingerprint density at radius 3 is 2.78 bits per heavy atom. The molecule has 0 atom stereocenters. The number of anilines is 1. The molecule has 4 rings (SSSR count). The largest absolute Gasteiger partial charge is 0.326 e. The zero-order chi connectivity index (χ0) is 26.6. The average Bonchev–Trinajstić information content (AvgIpc) is 3.62. The second kappa shape index (κ2) is 10.9. The molecule has 0 fully saturated rings. The molecule has 3 heterocycles. The lowest BCUT2D eigenvalue weighted by atomic mass is 10.0. The van der Waals surface area contributed by atoms with E-state index in [-0.39, 0.29) is 23.7 Å². The molecular formula is C28H29FN6OS. The highest BCUT2D eigenvalue weighted by Gasteiger charge is 2.24. The number of rotatable bonds is 8. The number of carbonyl (C=O) groups excluding carboxylic acids is 1. The van der Waals surface area contributed by atoms with Crippen molar-refractivity contribution in [3.05, 3.63) is 96.6 Å². The zero-order valence-corrected chi connectivity index (χ0v) is 22.1. The normalized spacial score (nSPS) is 12.3. The third kappa shape index (κ3) is 6.18. The number of aromatic nitrogens is 5. The van der Waals surface area contributed by atoms with Crippen molar-refractivity contribution in [2.75, 3.05) is 5.32 Å². The summed E-state index contributed by atoms with van der Waals surface area (Å²) in [6, 6.07) is 7.54. The first-order valence-corrected chi connectivity index (χ1v) is 12.6. The van der Waals surface area contributed by atoms with Crippen LogP contribution in [0.4, 0.5) is 10.1 Å². The summed E-state index contributed by atoms with van der Waals surface area (Å²) in [5.41, 5.74) is 4.08. The van der Waals surface area contributed by atoms with Gasteiger partial charge in [-0.05, 0) is 57.5 Å². The van der Waals surface area contributed by atoms with Crippen LogP contribution in [0, 0.1) is 0 Å². The van der Waals surface area contributed by atoms with Gasteiger partial charge in [0.2, 0.25) is 5.91 Å². The van der Waals surface area contributed by atoms with Gasteiger partial charge in [-0.2, -0.15) is 5.10 Å². The highest BCUT2D eigenvalue weighted by molar-refractivity contribution is 7.13. The molecule has 3 aromatic heterocycles. The fourth-order valence-electron chi connectivity index (χ4n) is 3.72. The molecule has 7 nitrogen and oxygen atoms in total. The van der Waals surface area contributed by atoms with Crippen molar-refractivity contribution >= 4 is 28.5 Å². The summed E-state index contributed by atoms with van der Waals surface area (Å²) in [4.78, 5) is 21.5. The number of hydrogen-bond donors (Lipinski definition) is 1. The standard InChI is InChI=1S/C28H29FN6OS/c1-6-20(29)11-10-19(2)26-24(16-31-35(26)28(3,4)5)27-33-22(17-37-27)15-25(36)32-21-8-7-9-23(14-21)34-13-12-30-18-34/h6-14,16-18H,2,15H2,1,3-5H3,(H,32,36)/b11-10-,20-6+. The van der Waals surface area contributed by atoms with Crippen molar-refractivity contribution in [1.29, 1.82) is 0 Å². The molecule has 37 heavy (non-hydrogen) atoms. The minimum absolute atomic E-state index is 0.127. The number of halogens is 1. The van der Waals surface area contributed by atoms with Crippen LogP contribution in [-0.4, -0.2) is 30.2 Å². The quantitative estimate of drug-likeness (QED) is 0.269. The van der Waals surface area contributed by atoms with Crippen molar-refractivity contribution in [3.8, 4) is 16.3 Å². The van der Waals surface area contributed by atoms with Crippen molar-refractivity contribution in [3.63, 3.8) is 0 Å². The number of allylic oxidation sites excluding steroid dienone is 5. The van der Waals surface area contributed by atoms with E-state index in [4.69, 9.17) is 4.98 Å². The van der Waals surface area contributed by atoms with Gasteiger partial charge in [0.25, 0.3) is 0 Å². The molecule has 0 radical (unpaired) electrons. The van der Waals surface area contributed by atoms with Gasteiger partial charge in [-0.15, -0.1) is 11.3 Å². The third-order valence-corrected chi connectivity index (χ3v) is 6.41. The maximum Gasteiger partial charge on any atom is 0.230 e. The summed E-state index contributed by atoms with van der Waals surface area (Å²) < 4.78 is 17.5. The van der Waals surface area contributed by atoms with Crippen LogP contribution in [0.1, 0.15) is 39.1 Å². The molecule has 0 spiro atoms. The van der Waals surface area contributed by atoms with E-state index in [0.29, 0.717) is 17.0 Å². The first kappa shape index (κ1) is 26.0. The van der Waals surface area contributed by atoms with Crippen molar-refractivity contribution < 1.29 is 9.18 Å². The number of imidazole rings is 1. The van der Waals surface area contributed by atoms with Gasteiger partial charge in [0.1, 0.15) is 10.8 Å². The second-order valence-corrected chi connectivity index (χ2v) is 10.3. The van der Waals surface area contributed by atoms with Crippen LogP contribution in [0.2, 0.25) is 0 Å². The molecule has 0 unspecified atom stereocenters. The molecule has 4 aromatic rings. The molecule has 1 amide bonds. The Balaban J connectivity index is 1.54. The lowest BCUT2D eigenvalue weighted by molar-refractivity contribution is -0.115. The lowest BCUT2D eigenvalue weighted by Gasteiger charge is -2.23. The van der Waals surface area contributed by atoms with Crippen molar-refractivity contribution in [2.45, 2.75) is 39.7 Å². The predicted molar refractivity (Wildman–Crippen MR) is 147 cm³/mol. The number of nitrogens with zero attached hydrogens (tertiary/aromatic N) is 5. The van der Waals surface area contributed by atoms with Crippen LogP contribution in [0.3, 0.4) is 0 Å². The van der Waals surface area contributed by atoms with Gasteiger partial charge < -0.3 is 9.88 Å². The van der Waals surface area contributed by atoms with Crippen LogP contribution in [-0.2, 0) is 16.8 Å². The molecule has 1 N–H and O–H groups in total. The molecule has 0 saturated heterocycles. The Hall–Kier alpha value is -4.11. The SMILES string of the molecule is C=C(/C=C\C(F)=C/C)c1c(-c2nc(CC(=O)Nc3cccc(-n4ccnc4)c3)cs2)cnn1C(C)(C)C. The monoisotopic (exact) mass is 516 g/mol. The fourth-order valence-corrected chi connectivity index (χ4v) is 4.55. The first-order chi connectivity index (χ1) is 17.7. The Labute approximate surface area is 219 Å². The Kier molecular flexibility index (Phi) is 7.63. The molecular weight excluding hydrogens is 487 g/mol. The van der Waals surface area contributed by atoms with E-state index in [0.717, 1.165) is 22.0 Å². The zero-order valence-electron chi connectivity index (χ0n) is 21.3. The molecule has 190 valence electrons. The summed E-state index contributed by atoms with van der Waals surface area (Å²) in [6.45, 7) is 11.9. The van der Waals surface area contributed by atoms with Crippen LogP contribution in [0.5, 0.6) is 0 Å². The van der Waals surface area contributed by atoms with Crippen LogP contribution in [0.15, 0.2) is 85.2 Å². The summed E-state index contributed by atoms with van der Waals surface area (Å²) in [7, 11) is 0. The number of thiazole rings is 1. The molecule has 1 aromatic carbocycles. The molecule has 0 bridgehead atoms. The van der Waals surface area contributed by atoms with Gasteiger partial charge in [-0.1, -0.05) is 24.8 Å². The van der Waals surface area contributed by atoms with Gasteiger partial charge >= 0.3 is 0 Å². The summed E-state index contributed by atoms with van der Waals surface area (Å²) >= 11 is 1.43. The predicted octanol–water partition coefficient (Wildman–Crippen LogP) is 6.57. The Morgan fingerprint density at radius 1 is 1.27 bits per heavy atom. The maximum atomic E-state index is 13.7. The average molecular weight is 517 g/mol. The van der Waals surface area contributed by atoms with E-state index in [1.165, 1.54) is 23.5 Å². The number of nitrogens with one attached hydrogen (secondary N) is 1. The molecule has 0 aliphatic carbocycles. The van der Waals surface area contributed by atoms with E-state index < -0.39 is 0 Å². The van der Waals surface area contributed by atoms with E-state index in [1.54, 1.807) is 31.7 Å². The molecule has 0 saturated carbocycles. The number of benzene rings is 1. The van der Waals surface area contributed by atoms with Crippen molar-refractivity contribution in [2.24, 2.45) is 0 Å². The molecule has 9 heteroatoms. The smallest absolute Gasteiger partial charge is 0.230 e. The fraction of sp³-hybridized carbons (Fsp3) is 0.214. The van der Waals surface area contributed by atoms with Gasteiger partial charge in [0.15, 0.2) is 0 Å². The van der Waals surface area contributed by atoms with Crippen LogP contribution >= 0.6 is 11.3 Å². The van der Waals surface area contributed by atoms with E-state index >= 15 is 0 Å². The maximum absolute atomic E-state index is 13.7. The highest BCUT2D eigenvalue weighted by atomic mass is 32.1. The molecule has 0 aliphatic heterocycles. The van der Waals surface area contributed by atoms with Gasteiger partial charge in [-0.3, -0.25) is 9.48 Å². The van der Waals surface area contributed by atoms with E-state index in [1.807, 2.05) is 65.9 Å². The number of hydrogen-bond acceptors (Lipinski definition) is 5. The van der Waals surface area contributed by atoms with E-state index in [2.05, 4.69) is 22.0 Å². The Morgan fingerprint density at radius 2 is 2.08 bits per heavy atom. The summed E-state index contributed by atoms with van der Waals surface area (Å²) in [6.07, 6.45) is 11.5. The Bertz CT molecular complexity index is 1470. The first-order valence-electron chi connectivity index (χ1n) is 11.8. The minimum Gasteiger partial charge on any atom is -0.326 e. The second-order valence-electron chi connectivity index (χ2n) is 9.41. The van der Waals surface area contributed by atoms with Crippen LogP contribution in [0.25, 0.3) is 21.8 Å². The number of carbonyl (C=O) groups is 1. The minimum atomic E-state index is -0.345. The van der Waals surface area contributed by atoms with Crippen molar-refractivity contribution in [1.82, 2.24) is 24.3 Å². The lowest BCUT2D eigenvalue weighted by Crippen LogP contribution is -2.25. The highest BCUT2D eigenvalue weighted by Crippen LogP contribution is 2.34. The van der Waals surface area contributed by atoms with E-state index in [9.17, 15) is 9.18 Å². The molecule has 0 aliphatic rings.